The van der Waals surface area contributed by atoms with Crippen molar-refractivity contribution in [3.8, 4) is 35.1 Å². The third-order valence-electron chi connectivity index (χ3n) is 4.26. The summed E-state index contributed by atoms with van der Waals surface area (Å²) in [5.41, 5.74) is 9.65. The summed E-state index contributed by atoms with van der Waals surface area (Å²) in [6.07, 6.45) is 6.96. The van der Waals surface area contributed by atoms with E-state index < -0.39 is 0 Å². The van der Waals surface area contributed by atoms with Gasteiger partial charge in [0.15, 0.2) is 11.5 Å². The van der Waals surface area contributed by atoms with E-state index in [4.69, 9.17) is 31.1 Å². The van der Waals surface area contributed by atoms with Gasteiger partial charge in [-0.2, -0.15) is 0 Å². The SMILES string of the molecule is C#Cc1ccc(-c2ncnc3cc(OCCOC)c(OCCOC)cc23)c(N)c1.Cl. The van der Waals surface area contributed by atoms with Crippen molar-refractivity contribution in [3.63, 3.8) is 0 Å². The third kappa shape index (κ3) is 5.30. The van der Waals surface area contributed by atoms with Crippen LogP contribution >= 0.6 is 12.4 Å². The Labute approximate surface area is 181 Å². The Morgan fingerprint density at radius 2 is 1.60 bits per heavy atom. The molecule has 158 valence electrons. The Kier molecular flexibility index (Phi) is 8.69. The summed E-state index contributed by atoms with van der Waals surface area (Å²) >= 11 is 0. The summed E-state index contributed by atoms with van der Waals surface area (Å²) in [6, 6.07) is 9.13. The molecule has 3 aromatic rings. The molecule has 1 aromatic heterocycles. The molecule has 0 unspecified atom stereocenters. The van der Waals surface area contributed by atoms with Crippen molar-refractivity contribution in [1.82, 2.24) is 9.97 Å². The quantitative estimate of drug-likeness (QED) is 0.317. The van der Waals surface area contributed by atoms with Crippen LogP contribution in [0.1, 0.15) is 5.56 Å². The van der Waals surface area contributed by atoms with Gasteiger partial charge in [-0.05, 0) is 24.3 Å². The fourth-order valence-electron chi connectivity index (χ4n) is 2.84. The maximum atomic E-state index is 6.22. The number of hydrogen-bond donors (Lipinski definition) is 1. The van der Waals surface area contributed by atoms with Gasteiger partial charge in [-0.15, -0.1) is 18.8 Å². The molecule has 8 heteroatoms. The zero-order chi connectivity index (χ0) is 20.6. The van der Waals surface area contributed by atoms with E-state index in [1.165, 1.54) is 6.33 Å². The van der Waals surface area contributed by atoms with Crippen molar-refractivity contribution in [2.24, 2.45) is 0 Å². The molecule has 0 atom stereocenters. The first-order valence-corrected chi connectivity index (χ1v) is 9.06. The number of nitrogens with zero attached hydrogens (tertiary/aromatic N) is 2. The lowest BCUT2D eigenvalue weighted by molar-refractivity contribution is 0.132. The second-order valence-electron chi connectivity index (χ2n) is 6.17. The predicted octanol–water partition coefficient (Wildman–Crippen LogP) is 3.33. The Morgan fingerprint density at radius 1 is 0.933 bits per heavy atom. The molecule has 0 aliphatic heterocycles. The third-order valence-corrected chi connectivity index (χ3v) is 4.26. The molecule has 0 spiro atoms. The van der Waals surface area contributed by atoms with E-state index in [-0.39, 0.29) is 12.4 Å². The van der Waals surface area contributed by atoms with Crippen LogP contribution in [0.3, 0.4) is 0 Å². The molecule has 0 aliphatic carbocycles. The van der Waals surface area contributed by atoms with E-state index >= 15 is 0 Å². The van der Waals surface area contributed by atoms with Gasteiger partial charge in [0.1, 0.15) is 19.5 Å². The van der Waals surface area contributed by atoms with Crippen LogP contribution in [0.5, 0.6) is 11.5 Å². The minimum Gasteiger partial charge on any atom is -0.487 e. The number of aromatic nitrogens is 2. The van der Waals surface area contributed by atoms with Crippen LogP contribution in [0.25, 0.3) is 22.2 Å². The van der Waals surface area contributed by atoms with Crippen molar-refractivity contribution in [1.29, 1.82) is 0 Å². The molecule has 0 amide bonds. The molecule has 0 aliphatic rings. The van der Waals surface area contributed by atoms with Crippen LogP contribution in [-0.4, -0.2) is 50.6 Å². The summed E-state index contributed by atoms with van der Waals surface area (Å²) < 4.78 is 21.8. The summed E-state index contributed by atoms with van der Waals surface area (Å²) in [5, 5.41) is 0.791. The van der Waals surface area contributed by atoms with Crippen molar-refractivity contribution in [2.45, 2.75) is 0 Å². The topological polar surface area (TPSA) is 88.7 Å². The fraction of sp³-hybridized carbons (Fsp3) is 0.273. The van der Waals surface area contributed by atoms with Crippen molar-refractivity contribution >= 4 is 29.0 Å². The largest absolute Gasteiger partial charge is 0.487 e. The minimum absolute atomic E-state index is 0. The number of terminal acetylenes is 1. The number of halogens is 1. The molecule has 30 heavy (non-hydrogen) atoms. The lowest BCUT2D eigenvalue weighted by Crippen LogP contribution is -2.09. The highest BCUT2D eigenvalue weighted by Crippen LogP contribution is 2.37. The summed E-state index contributed by atoms with van der Waals surface area (Å²) in [5.74, 6) is 3.73. The van der Waals surface area contributed by atoms with Gasteiger partial charge in [0, 0.05) is 42.5 Å². The van der Waals surface area contributed by atoms with E-state index in [2.05, 4.69) is 15.9 Å². The van der Waals surface area contributed by atoms with Crippen molar-refractivity contribution < 1.29 is 18.9 Å². The summed E-state index contributed by atoms with van der Waals surface area (Å²) in [6.45, 7) is 1.68. The van der Waals surface area contributed by atoms with Crippen LogP contribution in [0.4, 0.5) is 5.69 Å². The molecular formula is C22H24ClN3O4. The molecule has 1 heterocycles. The molecule has 3 rings (SSSR count). The van der Waals surface area contributed by atoms with Gasteiger partial charge in [0.2, 0.25) is 0 Å². The van der Waals surface area contributed by atoms with Gasteiger partial charge >= 0.3 is 0 Å². The number of nitrogen functional groups attached to an aromatic ring is 1. The van der Waals surface area contributed by atoms with Gasteiger partial charge in [-0.3, -0.25) is 0 Å². The molecule has 0 saturated heterocycles. The highest BCUT2D eigenvalue weighted by Gasteiger charge is 2.15. The maximum absolute atomic E-state index is 6.22. The molecule has 2 N–H and O–H groups in total. The number of fused-ring (bicyclic) bond motifs is 1. The van der Waals surface area contributed by atoms with Gasteiger partial charge in [0.05, 0.1) is 24.4 Å². The standard InChI is InChI=1S/C22H23N3O4.ClH/c1-4-15-5-6-16(18(23)11-15)22-17-12-20(28-9-7-26-2)21(29-10-8-27-3)13-19(17)24-14-25-22;/h1,5-6,11-14H,7-10,23H2,2-3H3;1H. The molecule has 0 radical (unpaired) electrons. The molecule has 0 saturated carbocycles. The predicted molar refractivity (Wildman–Crippen MR) is 119 cm³/mol. The highest BCUT2D eigenvalue weighted by atomic mass is 35.5. The van der Waals surface area contributed by atoms with E-state index in [9.17, 15) is 0 Å². The van der Waals surface area contributed by atoms with Crippen LogP contribution in [-0.2, 0) is 9.47 Å². The van der Waals surface area contributed by atoms with Crippen LogP contribution in [0, 0.1) is 12.3 Å². The fourth-order valence-corrected chi connectivity index (χ4v) is 2.84. The molecule has 7 nitrogen and oxygen atoms in total. The Morgan fingerprint density at radius 3 is 2.20 bits per heavy atom. The number of methoxy groups -OCH3 is 2. The molecular weight excluding hydrogens is 406 g/mol. The average molecular weight is 430 g/mol. The molecule has 0 fully saturated rings. The van der Waals surface area contributed by atoms with Gasteiger partial charge in [0.25, 0.3) is 0 Å². The number of nitrogens with two attached hydrogens (primary N) is 1. The smallest absolute Gasteiger partial charge is 0.163 e. The first kappa shape index (κ1) is 23.2. The van der Waals surface area contributed by atoms with Gasteiger partial charge in [-0.1, -0.05) is 5.92 Å². The normalized spacial score (nSPS) is 10.3. The highest BCUT2D eigenvalue weighted by molar-refractivity contribution is 5.97. The molecule has 2 aromatic carbocycles. The summed E-state index contributed by atoms with van der Waals surface area (Å²) in [7, 11) is 3.24. The Hall–Kier alpha value is -3.05. The Bertz CT molecular complexity index is 1040. The second-order valence-corrected chi connectivity index (χ2v) is 6.17. The number of rotatable bonds is 9. The van der Waals surface area contributed by atoms with E-state index in [1.807, 2.05) is 24.3 Å². The number of benzene rings is 2. The molecule has 0 bridgehead atoms. The zero-order valence-corrected chi connectivity index (χ0v) is 17.7. The van der Waals surface area contributed by atoms with E-state index in [1.54, 1.807) is 20.3 Å². The number of anilines is 1. The van der Waals surface area contributed by atoms with Crippen LogP contribution in [0.15, 0.2) is 36.7 Å². The second kappa shape index (κ2) is 11.2. The first-order valence-electron chi connectivity index (χ1n) is 9.06. The summed E-state index contributed by atoms with van der Waals surface area (Å²) in [4.78, 5) is 8.83. The first-order chi connectivity index (χ1) is 14.2. The lowest BCUT2D eigenvalue weighted by atomic mass is 10.0. The zero-order valence-electron chi connectivity index (χ0n) is 16.9. The van der Waals surface area contributed by atoms with Gasteiger partial charge < -0.3 is 24.7 Å². The van der Waals surface area contributed by atoms with E-state index in [0.717, 1.165) is 10.9 Å². The average Bonchev–Trinajstić information content (AvgIpc) is 2.74. The Balaban J connectivity index is 0.00000320. The van der Waals surface area contributed by atoms with Crippen LogP contribution < -0.4 is 15.2 Å². The van der Waals surface area contributed by atoms with E-state index in [0.29, 0.717) is 60.4 Å². The lowest BCUT2D eigenvalue weighted by Gasteiger charge is -2.15. The number of hydrogen-bond acceptors (Lipinski definition) is 7. The maximum Gasteiger partial charge on any atom is 0.163 e. The number of ether oxygens (including phenoxy) is 4. The minimum atomic E-state index is 0. The van der Waals surface area contributed by atoms with Gasteiger partial charge in [-0.25, -0.2) is 9.97 Å². The van der Waals surface area contributed by atoms with Crippen molar-refractivity contribution in [2.75, 3.05) is 46.4 Å². The van der Waals surface area contributed by atoms with Crippen molar-refractivity contribution in [3.05, 3.63) is 42.2 Å². The van der Waals surface area contributed by atoms with Crippen LogP contribution in [0.2, 0.25) is 0 Å². The monoisotopic (exact) mass is 429 g/mol.